The van der Waals surface area contributed by atoms with Crippen LogP contribution in [0, 0.1) is 6.92 Å². The quantitative estimate of drug-likeness (QED) is 0.282. The molecule has 3 aromatic carbocycles. The van der Waals surface area contributed by atoms with Gasteiger partial charge < -0.3 is 9.62 Å². The lowest BCUT2D eigenvalue weighted by atomic mass is 10.1. The van der Waals surface area contributed by atoms with E-state index in [4.69, 9.17) is 0 Å². The number of fused-ring (bicyclic) bond motifs is 1. The summed E-state index contributed by atoms with van der Waals surface area (Å²) < 4.78 is 3.61. The summed E-state index contributed by atoms with van der Waals surface area (Å²) >= 11 is 1.70. The predicted molar refractivity (Wildman–Crippen MR) is 140 cm³/mol. The SMILES string of the molecule is CCCCCN1CCCN(Cc2cccc(NSc3ccc4ccccc4c3)c2C)CC1. The van der Waals surface area contributed by atoms with E-state index >= 15 is 0 Å². The average molecular weight is 448 g/mol. The van der Waals surface area contributed by atoms with E-state index in [2.05, 4.69) is 89.0 Å². The van der Waals surface area contributed by atoms with Crippen LogP contribution in [0.15, 0.2) is 65.6 Å². The number of rotatable bonds is 9. The zero-order chi connectivity index (χ0) is 22.2. The minimum Gasteiger partial charge on any atom is -0.325 e. The second-order valence-electron chi connectivity index (χ2n) is 8.98. The number of nitrogens with one attached hydrogen (secondary N) is 1. The largest absolute Gasteiger partial charge is 0.325 e. The van der Waals surface area contributed by atoms with Gasteiger partial charge in [-0.3, -0.25) is 4.90 Å². The summed E-state index contributed by atoms with van der Waals surface area (Å²) in [7, 11) is 0. The van der Waals surface area contributed by atoms with E-state index in [0.717, 1.165) is 6.54 Å². The van der Waals surface area contributed by atoms with Gasteiger partial charge in [0.2, 0.25) is 0 Å². The van der Waals surface area contributed by atoms with Crippen LogP contribution in [0.25, 0.3) is 10.8 Å². The Balaban J connectivity index is 1.34. The zero-order valence-electron chi connectivity index (χ0n) is 19.6. The van der Waals surface area contributed by atoms with Crippen molar-refractivity contribution in [1.82, 2.24) is 9.80 Å². The Kier molecular flexibility index (Phi) is 8.49. The Morgan fingerprint density at radius 1 is 0.844 bits per heavy atom. The fourth-order valence-corrected chi connectivity index (χ4v) is 5.31. The molecule has 0 aliphatic carbocycles. The Morgan fingerprint density at radius 3 is 2.53 bits per heavy atom. The summed E-state index contributed by atoms with van der Waals surface area (Å²) in [4.78, 5) is 6.55. The third kappa shape index (κ3) is 6.28. The van der Waals surface area contributed by atoms with Gasteiger partial charge in [0.15, 0.2) is 0 Å². The lowest BCUT2D eigenvalue weighted by Gasteiger charge is -2.23. The van der Waals surface area contributed by atoms with Crippen LogP contribution < -0.4 is 4.72 Å². The highest BCUT2D eigenvalue weighted by Gasteiger charge is 2.16. The van der Waals surface area contributed by atoms with Crippen LogP contribution in [0.5, 0.6) is 0 Å². The molecule has 0 radical (unpaired) electrons. The summed E-state index contributed by atoms with van der Waals surface area (Å²) in [5, 5.41) is 2.58. The van der Waals surface area contributed by atoms with Gasteiger partial charge in [0.1, 0.15) is 0 Å². The minimum absolute atomic E-state index is 1.05. The Bertz CT molecular complexity index is 1000. The Hall–Kier alpha value is -2.01. The first-order valence-electron chi connectivity index (χ1n) is 12.2. The van der Waals surface area contributed by atoms with Gasteiger partial charge in [-0.05, 0) is 91.4 Å². The number of benzene rings is 3. The molecule has 1 heterocycles. The standard InChI is InChI=1S/C28H37N3S/c1-3-4-7-16-30-17-9-18-31(20-19-30)22-26-12-8-13-28(23(26)2)29-32-27-15-14-24-10-5-6-11-25(24)21-27/h5-6,8,10-15,21,29H,3-4,7,9,16-20,22H2,1-2H3. The minimum atomic E-state index is 1.05. The molecule has 0 aromatic heterocycles. The molecule has 170 valence electrons. The van der Waals surface area contributed by atoms with Gasteiger partial charge in [0.05, 0.1) is 0 Å². The molecule has 0 spiro atoms. The first-order valence-corrected chi connectivity index (χ1v) is 13.0. The number of nitrogens with zero attached hydrogens (tertiary/aromatic N) is 2. The summed E-state index contributed by atoms with van der Waals surface area (Å²) in [5.74, 6) is 0. The molecule has 0 amide bonds. The first kappa shape index (κ1) is 23.2. The highest BCUT2D eigenvalue weighted by molar-refractivity contribution is 8.00. The van der Waals surface area contributed by atoms with Crippen molar-refractivity contribution in [3.05, 3.63) is 71.8 Å². The van der Waals surface area contributed by atoms with Crippen molar-refractivity contribution >= 4 is 28.4 Å². The third-order valence-corrected chi connectivity index (χ3v) is 7.41. The van der Waals surface area contributed by atoms with Crippen LogP contribution >= 0.6 is 11.9 Å². The van der Waals surface area contributed by atoms with Crippen molar-refractivity contribution in [2.24, 2.45) is 0 Å². The van der Waals surface area contributed by atoms with Gasteiger partial charge in [0, 0.05) is 30.2 Å². The average Bonchev–Trinajstić information content (AvgIpc) is 3.05. The first-order chi connectivity index (χ1) is 15.7. The summed E-state index contributed by atoms with van der Waals surface area (Å²) in [6.07, 6.45) is 5.29. The van der Waals surface area contributed by atoms with Gasteiger partial charge in [0.25, 0.3) is 0 Å². The molecule has 0 unspecified atom stereocenters. The fraction of sp³-hybridized carbons (Fsp3) is 0.429. The van der Waals surface area contributed by atoms with E-state index < -0.39 is 0 Å². The van der Waals surface area contributed by atoms with Crippen molar-refractivity contribution in [2.45, 2.75) is 51.0 Å². The molecular formula is C28H37N3S. The van der Waals surface area contributed by atoms with Crippen molar-refractivity contribution in [1.29, 1.82) is 0 Å². The molecule has 3 nitrogen and oxygen atoms in total. The van der Waals surface area contributed by atoms with Crippen LogP contribution in [-0.2, 0) is 6.54 Å². The normalized spacial score (nSPS) is 15.7. The van der Waals surface area contributed by atoms with Crippen molar-refractivity contribution in [3.8, 4) is 0 Å². The lowest BCUT2D eigenvalue weighted by molar-refractivity contribution is 0.248. The smallest absolute Gasteiger partial charge is 0.0475 e. The zero-order valence-corrected chi connectivity index (χ0v) is 20.5. The van der Waals surface area contributed by atoms with E-state index in [-0.39, 0.29) is 0 Å². The number of unbranched alkanes of at least 4 members (excludes halogenated alkanes) is 2. The van der Waals surface area contributed by atoms with Crippen molar-refractivity contribution in [3.63, 3.8) is 0 Å². The summed E-state index contributed by atoms with van der Waals surface area (Å²) in [6.45, 7) is 11.7. The molecule has 0 bridgehead atoms. The van der Waals surface area contributed by atoms with Crippen LogP contribution in [0.2, 0.25) is 0 Å². The van der Waals surface area contributed by atoms with Crippen LogP contribution in [0.1, 0.15) is 43.7 Å². The maximum Gasteiger partial charge on any atom is 0.0475 e. The molecule has 1 N–H and O–H groups in total. The van der Waals surface area contributed by atoms with Crippen molar-refractivity contribution in [2.75, 3.05) is 37.4 Å². The van der Waals surface area contributed by atoms with E-state index in [1.54, 1.807) is 11.9 Å². The van der Waals surface area contributed by atoms with Gasteiger partial charge in [-0.25, -0.2) is 0 Å². The van der Waals surface area contributed by atoms with E-state index in [1.165, 1.54) is 90.9 Å². The van der Waals surface area contributed by atoms with Crippen LogP contribution in [-0.4, -0.2) is 42.5 Å². The van der Waals surface area contributed by atoms with E-state index in [9.17, 15) is 0 Å². The molecular weight excluding hydrogens is 410 g/mol. The van der Waals surface area contributed by atoms with Crippen LogP contribution in [0.4, 0.5) is 5.69 Å². The second-order valence-corrected chi connectivity index (χ2v) is 9.86. The molecule has 1 aliphatic rings. The monoisotopic (exact) mass is 447 g/mol. The molecule has 0 saturated carbocycles. The third-order valence-electron chi connectivity index (χ3n) is 6.60. The molecule has 4 rings (SSSR count). The highest BCUT2D eigenvalue weighted by atomic mass is 32.2. The molecule has 4 heteroatoms. The van der Waals surface area contributed by atoms with Crippen LogP contribution in [0.3, 0.4) is 0 Å². The molecule has 32 heavy (non-hydrogen) atoms. The lowest BCUT2D eigenvalue weighted by Crippen LogP contribution is -2.31. The topological polar surface area (TPSA) is 18.5 Å². The Labute approximate surface area is 198 Å². The highest BCUT2D eigenvalue weighted by Crippen LogP contribution is 2.28. The van der Waals surface area contributed by atoms with Crippen molar-refractivity contribution < 1.29 is 0 Å². The van der Waals surface area contributed by atoms with E-state index in [1.807, 2.05) is 0 Å². The number of anilines is 1. The summed E-state index contributed by atoms with van der Waals surface area (Å²) in [6, 6.07) is 21.9. The molecule has 0 atom stereocenters. The molecule has 1 fully saturated rings. The predicted octanol–water partition coefficient (Wildman–Crippen LogP) is 6.97. The Morgan fingerprint density at radius 2 is 1.66 bits per heavy atom. The fourth-order valence-electron chi connectivity index (χ4n) is 4.54. The second kappa shape index (κ2) is 11.7. The number of hydrogen-bond acceptors (Lipinski definition) is 4. The van der Waals surface area contributed by atoms with E-state index in [0.29, 0.717) is 0 Å². The molecule has 1 saturated heterocycles. The maximum atomic E-state index is 3.61. The van der Waals surface area contributed by atoms with Gasteiger partial charge >= 0.3 is 0 Å². The van der Waals surface area contributed by atoms with Gasteiger partial charge in [-0.1, -0.05) is 62.2 Å². The maximum absolute atomic E-state index is 3.61. The molecule has 1 aliphatic heterocycles. The van der Waals surface area contributed by atoms with Gasteiger partial charge in [-0.15, -0.1) is 0 Å². The molecule has 3 aromatic rings. The van der Waals surface area contributed by atoms with Gasteiger partial charge in [-0.2, -0.15) is 0 Å². The number of hydrogen-bond donors (Lipinski definition) is 1. The summed E-state index contributed by atoms with van der Waals surface area (Å²) in [5.41, 5.74) is 4.02.